The van der Waals surface area contributed by atoms with Crippen LogP contribution in [-0.4, -0.2) is 25.3 Å². The Morgan fingerprint density at radius 2 is 2.06 bits per heavy atom. The van der Waals surface area contributed by atoms with Gasteiger partial charge < -0.3 is 10.1 Å². The molecule has 1 heterocycles. The highest BCUT2D eigenvalue weighted by Gasteiger charge is 2.58. The molecule has 3 atom stereocenters. The van der Waals surface area contributed by atoms with Crippen molar-refractivity contribution in [3.63, 3.8) is 0 Å². The second-order valence-electron chi connectivity index (χ2n) is 6.89. The zero-order valence-electron chi connectivity index (χ0n) is 12.0. The topological polar surface area (TPSA) is 21.3 Å². The van der Waals surface area contributed by atoms with Crippen LogP contribution in [0.1, 0.15) is 53.4 Å². The van der Waals surface area contributed by atoms with E-state index in [2.05, 4.69) is 33.0 Å². The van der Waals surface area contributed by atoms with Crippen molar-refractivity contribution in [2.75, 3.05) is 13.2 Å². The summed E-state index contributed by atoms with van der Waals surface area (Å²) in [6, 6.07) is 0.689. The average molecular weight is 239 g/mol. The van der Waals surface area contributed by atoms with E-state index in [9.17, 15) is 0 Å². The van der Waals surface area contributed by atoms with Gasteiger partial charge in [-0.15, -0.1) is 0 Å². The van der Waals surface area contributed by atoms with Crippen molar-refractivity contribution in [3.05, 3.63) is 0 Å². The van der Waals surface area contributed by atoms with Gasteiger partial charge in [0.2, 0.25) is 0 Å². The number of fused-ring (bicyclic) bond motifs is 1. The molecule has 2 rings (SSSR count). The molecule has 0 aromatic carbocycles. The smallest absolute Gasteiger partial charge is 0.0685 e. The van der Waals surface area contributed by atoms with Crippen LogP contribution in [0.15, 0.2) is 0 Å². The van der Waals surface area contributed by atoms with Crippen molar-refractivity contribution in [2.45, 2.75) is 65.5 Å². The maximum absolute atomic E-state index is 5.82. The van der Waals surface area contributed by atoms with E-state index in [0.717, 1.165) is 18.4 Å². The third-order valence-electron chi connectivity index (χ3n) is 4.67. The molecule has 0 aromatic rings. The normalized spacial score (nSPS) is 34.8. The summed E-state index contributed by atoms with van der Waals surface area (Å²) in [5.74, 6) is 1.64. The maximum Gasteiger partial charge on any atom is 0.0685 e. The predicted molar refractivity (Wildman–Crippen MR) is 72.1 cm³/mol. The minimum atomic E-state index is 0.346. The van der Waals surface area contributed by atoms with Gasteiger partial charge in [-0.2, -0.15) is 0 Å². The Bertz CT molecular complexity index is 249. The lowest BCUT2D eigenvalue weighted by Gasteiger charge is -2.55. The molecule has 0 aromatic heterocycles. The van der Waals surface area contributed by atoms with Gasteiger partial charge in [-0.25, -0.2) is 0 Å². The summed E-state index contributed by atoms with van der Waals surface area (Å²) in [4.78, 5) is 0. The van der Waals surface area contributed by atoms with Crippen LogP contribution in [0.5, 0.6) is 0 Å². The molecule has 1 N–H and O–H groups in total. The van der Waals surface area contributed by atoms with Crippen molar-refractivity contribution in [3.8, 4) is 0 Å². The van der Waals surface area contributed by atoms with Crippen LogP contribution in [0.3, 0.4) is 0 Å². The first-order valence-corrected chi connectivity index (χ1v) is 7.38. The number of rotatable bonds is 6. The van der Waals surface area contributed by atoms with Crippen LogP contribution in [0.25, 0.3) is 0 Å². The first kappa shape index (κ1) is 13.4. The molecule has 0 amide bonds. The zero-order valence-corrected chi connectivity index (χ0v) is 12.0. The van der Waals surface area contributed by atoms with Crippen LogP contribution >= 0.6 is 0 Å². The molecule has 0 radical (unpaired) electrons. The highest BCUT2D eigenvalue weighted by molar-refractivity contribution is 5.11. The Morgan fingerprint density at radius 1 is 1.29 bits per heavy atom. The van der Waals surface area contributed by atoms with Crippen LogP contribution in [-0.2, 0) is 4.74 Å². The molecule has 0 bridgehead atoms. The largest absolute Gasteiger partial charge is 0.377 e. The highest BCUT2D eigenvalue weighted by Crippen LogP contribution is 2.51. The maximum atomic E-state index is 5.82. The Kier molecular flexibility index (Phi) is 4.14. The van der Waals surface area contributed by atoms with Gasteiger partial charge in [0.05, 0.1) is 6.10 Å². The molecule has 1 aliphatic carbocycles. The van der Waals surface area contributed by atoms with Crippen LogP contribution < -0.4 is 5.32 Å². The SMILES string of the molecule is CC(C)CCCCNC1C2CCOC2C1(C)C. The van der Waals surface area contributed by atoms with Gasteiger partial charge in [0, 0.05) is 24.0 Å². The summed E-state index contributed by atoms with van der Waals surface area (Å²) >= 11 is 0. The molecule has 2 heteroatoms. The number of ether oxygens (including phenoxy) is 1. The number of hydrogen-bond acceptors (Lipinski definition) is 2. The minimum absolute atomic E-state index is 0.346. The van der Waals surface area contributed by atoms with Crippen LogP contribution in [0.4, 0.5) is 0 Å². The fourth-order valence-electron chi connectivity index (χ4n) is 3.67. The zero-order chi connectivity index (χ0) is 12.5. The second kappa shape index (κ2) is 5.27. The first-order chi connectivity index (χ1) is 8.03. The van der Waals surface area contributed by atoms with E-state index >= 15 is 0 Å². The predicted octanol–water partition coefficient (Wildman–Crippen LogP) is 3.22. The van der Waals surface area contributed by atoms with Gasteiger partial charge in [0.15, 0.2) is 0 Å². The standard InChI is InChI=1S/C15H29NO/c1-11(2)7-5-6-9-16-13-12-8-10-17-14(12)15(13,3)4/h11-14,16H,5-10H2,1-4H3. The van der Waals surface area contributed by atoms with Crippen LogP contribution in [0, 0.1) is 17.3 Å². The summed E-state index contributed by atoms with van der Waals surface area (Å²) < 4.78 is 5.82. The molecular weight excluding hydrogens is 210 g/mol. The van der Waals surface area contributed by atoms with Crippen LogP contribution in [0.2, 0.25) is 0 Å². The fourth-order valence-corrected chi connectivity index (χ4v) is 3.67. The van der Waals surface area contributed by atoms with Gasteiger partial charge >= 0.3 is 0 Å². The van der Waals surface area contributed by atoms with E-state index in [0.29, 0.717) is 17.6 Å². The molecule has 3 unspecified atom stereocenters. The number of nitrogens with one attached hydrogen (secondary N) is 1. The molecule has 1 aliphatic heterocycles. The summed E-state index contributed by atoms with van der Waals surface area (Å²) in [6.07, 6.45) is 5.84. The molecule has 17 heavy (non-hydrogen) atoms. The lowest BCUT2D eigenvalue weighted by molar-refractivity contribution is -0.112. The van der Waals surface area contributed by atoms with E-state index in [4.69, 9.17) is 4.74 Å². The van der Waals surface area contributed by atoms with Crippen molar-refractivity contribution in [1.82, 2.24) is 5.32 Å². The molecule has 100 valence electrons. The number of unbranched alkanes of at least 4 members (excludes halogenated alkanes) is 1. The Morgan fingerprint density at radius 3 is 2.76 bits per heavy atom. The molecule has 1 saturated carbocycles. The van der Waals surface area contributed by atoms with Gasteiger partial charge in [0.1, 0.15) is 0 Å². The van der Waals surface area contributed by atoms with E-state index in [1.54, 1.807) is 0 Å². The molecule has 2 nitrogen and oxygen atoms in total. The summed E-state index contributed by atoms with van der Waals surface area (Å²) in [5, 5.41) is 3.77. The van der Waals surface area contributed by atoms with Crippen molar-refractivity contribution in [1.29, 1.82) is 0 Å². The van der Waals surface area contributed by atoms with Gasteiger partial charge in [0.25, 0.3) is 0 Å². The molecule has 2 aliphatic rings. The van der Waals surface area contributed by atoms with Crippen molar-refractivity contribution in [2.24, 2.45) is 17.3 Å². The van der Waals surface area contributed by atoms with Gasteiger partial charge in [-0.3, -0.25) is 0 Å². The van der Waals surface area contributed by atoms with E-state index in [1.165, 1.54) is 32.2 Å². The lowest BCUT2D eigenvalue weighted by atomic mass is 9.57. The Hall–Kier alpha value is -0.0800. The van der Waals surface area contributed by atoms with Crippen molar-refractivity contribution < 1.29 is 4.74 Å². The molecule has 0 spiro atoms. The number of hydrogen-bond donors (Lipinski definition) is 1. The third-order valence-corrected chi connectivity index (χ3v) is 4.67. The van der Waals surface area contributed by atoms with Gasteiger partial charge in [-0.05, 0) is 25.3 Å². The molecular formula is C15H29NO. The van der Waals surface area contributed by atoms with E-state index in [1.807, 2.05) is 0 Å². The Labute approximate surface area is 107 Å². The Balaban J connectivity index is 1.66. The van der Waals surface area contributed by atoms with Gasteiger partial charge in [-0.1, -0.05) is 40.5 Å². The third kappa shape index (κ3) is 2.68. The van der Waals surface area contributed by atoms with Crippen molar-refractivity contribution >= 4 is 0 Å². The average Bonchev–Trinajstić information content (AvgIpc) is 2.69. The lowest BCUT2D eigenvalue weighted by Crippen LogP contribution is -2.65. The highest BCUT2D eigenvalue weighted by atomic mass is 16.5. The fraction of sp³-hybridized carbons (Fsp3) is 1.00. The summed E-state index contributed by atoms with van der Waals surface area (Å²) in [5.41, 5.74) is 0.346. The first-order valence-electron chi connectivity index (χ1n) is 7.38. The van der Waals surface area contributed by atoms with E-state index in [-0.39, 0.29) is 0 Å². The molecule has 1 saturated heterocycles. The molecule has 2 fully saturated rings. The second-order valence-corrected chi connectivity index (χ2v) is 6.89. The minimum Gasteiger partial charge on any atom is -0.377 e. The van der Waals surface area contributed by atoms with E-state index < -0.39 is 0 Å². The quantitative estimate of drug-likeness (QED) is 0.719. The summed E-state index contributed by atoms with van der Waals surface area (Å²) in [6.45, 7) is 11.5. The monoisotopic (exact) mass is 239 g/mol. The summed E-state index contributed by atoms with van der Waals surface area (Å²) in [7, 11) is 0.